The Bertz CT molecular complexity index is 498. The van der Waals surface area contributed by atoms with Gasteiger partial charge in [0.05, 0.1) is 17.9 Å². The predicted molar refractivity (Wildman–Crippen MR) is 73.8 cm³/mol. The summed E-state index contributed by atoms with van der Waals surface area (Å²) in [5.41, 5.74) is 0.702. The van der Waals surface area contributed by atoms with Crippen LogP contribution in [0.4, 0.5) is 10.5 Å². The van der Waals surface area contributed by atoms with Gasteiger partial charge in [-0.15, -0.1) is 11.3 Å². The summed E-state index contributed by atoms with van der Waals surface area (Å²) in [5.74, 6) is 0. The monoisotopic (exact) mass is 261 g/mol. The number of anilines is 1. The highest BCUT2D eigenvalue weighted by Gasteiger charge is 2.17. The zero-order valence-electron chi connectivity index (χ0n) is 10.3. The summed E-state index contributed by atoms with van der Waals surface area (Å²) in [6.45, 7) is 2.01. The number of nitrogens with one attached hydrogen (secondary N) is 1. The van der Waals surface area contributed by atoms with Crippen LogP contribution in [0.1, 0.15) is 17.8 Å². The Balaban J connectivity index is 2.01. The highest BCUT2D eigenvalue weighted by atomic mass is 32.1. The number of hydrogen-bond acceptors (Lipinski definition) is 3. The summed E-state index contributed by atoms with van der Waals surface area (Å²) in [4.78, 5) is 18.8. The molecule has 2 amide bonds. The van der Waals surface area contributed by atoms with Crippen molar-refractivity contribution in [2.75, 3.05) is 12.4 Å². The number of nitrogens with zero attached hydrogens (tertiary/aromatic N) is 2. The van der Waals surface area contributed by atoms with Crippen molar-refractivity contribution in [1.29, 1.82) is 0 Å². The number of aromatic nitrogens is 1. The van der Waals surface area contributed by atoms with E-state index in [9.17, 15) is 4.79 Å². The van der Waals surface area contributed by atoms with Crippen LogP contribution in [0.3, 0.4) is 0 Å². The second kappa shape index (κ2) is 5.64. The maximum absolute atomic E-state index is 12.0. The van der Waals surface area contributed by atoms with Gasteiger partial charge in [-0.25, -0.2) is 4.79 Å². The minimum atomic E-state index is -0.135. The van der Waals surface area contributed by atoms with Crippen LogP contribution in [-0.4, -0.2) is 23.0 Å². The molecule has 1 atom stereocenters. The molecule has 0 spiro atoms. The van der Waals surface area contributed by atoms with Crippen molar-refractivity contribution >= 4 is 23.1 Å². The molecule has 0 aliphatic heterocycles. The number of amides is 2. The van der Waals surface area contributed by atoms with Gasteiger partial charge in [0.15, 0.2) is 0 Å². The van der Waals surface area contributed by atoms with Crippen molar-refractivity contribution in [3.63, 3.8) is 0 Å². The van der Waals surface area contributed by atoms with Gasteiger partial charge in [-0.3, -0.25) is 4.98 Å². The summed E-state index contributed by atoms with van der Waals surface area (Å²) in [5, 5.41) is 4.83. The molecule has 2 rings (SSSR count). The first-order valence-corrected chi connectivity index (χ1v) is 6.53. The van der Waals surface area contributed by atoms with Crippen LogP contribution in [0.5, 0.6) is 0 Å². The zero-order valence-corrected chi connectivity index (χ0v) is 11.1. The highest BCUT2D eigenvalue weighted by molar-refractivity contribution is 7.10. The van der Waals surface area contributed by atoms with Crippen molar-refractivity contribution in [1.82, 2.24) is 9.88 Å². The number of carbonyl (C=O) groups excluding carboxylic acids is 1. The van der Waals surface area contributed by atoms with E-state index in [1.54, 1.807) is 41.7 Å². The predicted octanol–water partition coefficient (Wildman–Crippen LogP) is 3.37. The fourth-order valence-corrected chi connectivity index (χ4v) is 2.37. The molecule has 2 heterocycles. The summed E-state index contributed by atoms with van der Waals surface area (Å²) in [6.07, 6.45) is 3.30. The third kappa shape index (κ3) is 2.87. The normalized spacial score (nSPS) is 11.9. The average Bonchev–Trinajstić information content (AvgIpc) is 2.92. The van der Waals surface area contributed by atoms with E-state index in [1.807, 2.05) is 30.5 Å². The fourth-order valence-electron chi connectivity index (χ4n) is 1.54. The lowest BCUT2D eigenvalue weighted by Gasteiger charge is -2.24. The van der Waals surface area contributed by atoms with Crippen molar-refractivity contribution in [2.45, 2.75) is 13.0 Å². The summed E-state index contributed by atoms with van der Waals surface area (Å²) in [6, 6.07) is 7.55. The Morgan fingerprint density at radius 2 is 2.28 bits per heavy atom. The second-order valence-corrected chi connectivity index (χ2v) is 4.95. The molecule has 0 aliphatic rings. The number of hydrogen-bond donors (Lipinski definition) is 1. The quantitative estimate of drug-likeness (QED) is 0.920. The van der Waals surface area contributed by atoms with Crippen molar-refractivity contribution < 1.29 is 4.79 Å². The first kappa shape index (κ1) is 12.6. The van der Waals surface area contributed by atoms with Gasteiger partial charge in [-0.1, -0.05) is 6.07 Å². The zero-order chi connectivity index (χ0) is 13.0. The molecule has 0 bridgehead atoms. The molecular weight excluding hydrogens is 246 g/mol. The molecule has 2 aromatic rings. The van der Waals surface area contributed by atoms with E-state index < -0.39 is 0 Å². The molecule has 0 saturated carbocycles. The lowest BCUT2D eigenvalue weighted by Crippen LogP contribution is -2.33. The molecule has 0 radical (unpaired) electrons. The van der Waals surface area contributed by atoms with Crippen LogP contribution in [0.2, 0.25) is 0 Å². The van der Waals surface area contributed by atoms with Crippen molar-refractivity contribution in [2.24, 2.45) is 0 Å². The van der Waals surface area contributed by atoms with E-state index in [0.717, 1.165) is 0 Å². The summed E-state index contributed by atoms with van der Waals surface area (Å²) < 4.78 is 0. The largest absolute Gasteiger partial charge is 0.322 e. The van der Waals surface area contributed by atoms with Gasteiger partial charge in [0.1, 0.15) is 0 Å². The number of rotatable bonds is 3. The molecule has 0 fully saturated rings. The number of carbonyl (C=O) groups is 1. The molecule has 0 aliphatic carbocycles. The van der Waals surface area contributed by atoms with Crippen molar-refractivity contribution in [3.05, 3.63) is 46.9 Å². The minimum absolute atomic E-state index is 0.0571. The van der Waals surface area contributed by atoms with Gasteiger partial charge in [-0.05, 0) is 30.5 Å². The van der Waals surface area contributed by atoms with Crippen LogP contribution in [0, 0.1) is 0 Å². The van der Waals surface area contributed by atoms with Gasteiger partial charge in [-0.2, -0.15) is 0 Å². The third-order valence-corrected chi connectivity index (χ3v) is 3.81. The molecule has 0 aromatic carbocycles. The maximum Gasteiger partial charge on any atom is 0.322 e. The minimum Gasteiger partial charge on any atom is -0.320 e. The number of pyridine rings is 1. The maximum atomic E-state index is 12.0. The molecule has 18 heavy (non-hydrogen) atoms. The van der Waals surface area contributed by atoms with E-state index in [4.69, 9.17) is 0 Å². The van der Waals surface area contributed by atoms with Crippen LogP contribution in [-0.2, 0) is 0 Å². The lowest BCUT2D eigenvalue weighted by atomic mass is 10.2. The topological polar surface area (TPSA) is 45.2 Å². The first-order valence-electron chi connectivity index (χ1n) is 5.65. The molecular formula is C13H15N3OS. The van der Waals surface area contributed by atoms with Gasteiger partial charge >= 0.3 is 6.03 Å². The van der Waals surface area contributed by atoms with E-state index in [1.165, 1.54) is 4.88 Å². The van der Waals surface area contributed by atoms with Gasteiger partial charge in [0, 0.05) is 18.1 Å². The van der Waals surface area contributed by atoms with Gasteiger partial charge in [0.2, 0.25) is 0 Å². The smallest absolute Gasteiger partial charge is 0.320 e. The van der Waals surface area contributed by atoms with Gasteiger partial charge < -0.3 is 10.2 Å². The van der Waals surface area contributed by atoms with Crippen LogP contribution < -0.4 is 5.32 Å². The fraction of sp³-hybridized carbons (Fsp3) is 0.231. The first-order chi connectivity index (χ1) is 8.68. The number of urea groups is 1. The van der Waals surface area contributed by atoms with E-state index >= 15 is 0 Å². The average molecular weight is 261 g/mol. The lowest BCUT2D eigenvalue weighted by molar-refractivity contribution is 0.209. The standard InChI is InChI=1S/C13H15N3OS/c1-10(12-6-4-8-18-12)16(2)13(17)15-11-5-3-7-14-9-11/h3-10H,1-2H3,(H,15,17)/t10-/m0/s1. The summed E-state index contributed by atoms with van der Waals surface area (Å²) >= 11 is 1.65. The molecule has 0 saturated heterocycles. The molecule has 5 heteroatoms. The Morgan fingerprint density at radius 1 is 1.44 bits per heavy atom. The van der Waals surface area contributed by atoms with E-state index in [-0.39, 0.29) is 12.1 Å². The highest BCUT2D eigenvalue weighted by Crippen LogP contribution is 2.23. The Hall–Kier alpha value is -1.88. The van der Waals surface area contributed by atoms with Crippen LogP contribution in [0.25, 0.3) is 0 Å². The molecule has 4 nitrogen and oxygen atoms in total. The number of thiophene rings is 1. The third-order valence-electron chi connectivity index (χ3n) is 2.77. The summed E-state index contributed by atoms with van der Waals surface area (Å²) in [7, 11) is 1.79. The van der Waals surface area contributed by atoms with Crippen LogP contribution in [0.15, 0.2) is 42.0 Å². The second-order valence-electron chi connectivity index (χ2n) is 3.97. The Labute approximate surface area is 110 Å². The SMILES string of the molecule is C[C@@H](c1cccs1)N(C)C(=O)Nc1cccnc1. The molecule has 2 aromatic heterocycles. The van der Waals surface area contributed by atoms with Crippen molar-refractivity contribution in [3.8, 4) is 0 Å². The van der Waals surface area contributed by atoms with E-state index in [0.29, 0.717) is 5.69 Å². The Kier molecular flexibility index (Phi) is 3.94. The van der Waals surface area contributed by atoms with Gasteiger partial charge in [0.25, 0.3) is 0 Å². The van der Waals surface area contributed by atoms with Crippen LogP contribution >= 0.6 is 11.3 Å². The molecule has 1 N–H and O–H groups in total. The molecule has 94 valence electrons. The molecule has 0 unspecified atom stereocenters. The van der Waals surface area contributed by atoms with E-state index in [2.05, 4.69) is 10.3 Å². The Morgan fingerprint density at radius 3 is 2.89 bits per heavy atom.